The molecule has 0 aliphatic rings. The van der Waals surface area contributed by atoms with E-state index in [0.29, 0.717) is 41.8 Å². The molecule has 0 aliphatic carbocycles. The van der Waals surface area contributed by atoms with E-state index >= 15 is 0 Å². The number of methoxy groups -OCH3 is 2. The Balaban J connectivity index is 1.58. The number of ether oxygens (including phenoxy) is 2. The van der Waals surface area contributed by atoms with Crippen molar-refractivity contribution in [2.24, 2.45) is 0 Å². The first kappa shape index (κ1) is 20.1. The van der Waals surface area contributed by atoms with E-state index in [1.807, 2.05) is 26.0 Å². The molecule has 0 unspecified atom stereocenters. The van der Waals surface area contributed by atoms with Gasteiger partial charge in [0.15, 0.2) is 17.3 Å². The molecule has 0 fully saturated rings. The number of hydrogen-bond donors (Lipinski definition) is 2. The van der Waals surface area contributed by atoms with E-state index in [0.717, 1.165) is 11.4 Å². The second-order valence-electron chi connectivity index (χ2n) is 6.32. The molecule has 1 aromatic carbocycles. The van der Waals surface area contributed by atoms with Crippen LogP contribution in [0.5, 0.6) is 11.5 Å². The molecular weight excluding hydrogens is 372 g/mol. The first-order valence-corrected chi connectivity index (χ1v) is 9.12. The molecular formula is C20H24N6O3. The van der Waals surface area contributed by atoms with Crippen LogP contribution in [0.2, 0.25) is 0 Å². The third-order valence-corrected chi connectivity index (χ3v) is 4.24. The van der Waals surface area contributed by atoms with Gasteiger partial charge in [-0.2, -0.15) is 5.10 Å². The number of anilines is 1. The lowest BCUT2D eigenvalue weighted by Crippen LogP contribution is -2.29. The van der Waals surface area contributed by atoms with Crippen molar-refractivity contribution in [2.75, 3.05) is 32.6 Å². The fraction of sp³-hybridized carbons (Fsp3) is 0.300. The van der Waals surface area contributed by atoms with Gasteiger partial charge in [0.1, 0.15) is 12.1 Å². The maximum atomic E-state index is 12.5. The molecule has 2 aromatic heterocycles. The molecule has 0 saturated heterocycles. The van der Waals surface area contributed by atoms with Gasteiger partial charge < -0.3 is 20.1 Å². The van der Waals surface area contributed by atoms with Gasteiger partial charge in [-0.3, -0.25) is 4.79 Å². The molecule has 152 valence electrons. The topological polar surface area (TPSA) is 103 Å². The van der Waals surface area contributed by atoms with Gasteiger partial charge >= 0.3 is 0 Å². The van der Waals surface area contributed by atoms with E-state index in [9.17, 15) is 4.79 Å². The summed E-state index contributed by atoms with van der Waals surface area (Å²) in [5, 5.41) is 10.5. The SMILES string of the molecule is COc1cccc(C(=O)NCCNc2cc(-n3nc(C)cc3C)ncn2)c1OC. The van der Waals surface area contributed by atoms with E-state index in [1.54, 1.807) is 22.9 Å². The molecule has 9 nitrogen and oxygen atoms in total. The number of benzene rings is 1. The Morgan fingerprint density at radius 3 is 2.62 bits per heavy atom. The van der Waals surface area contributed by atoms with Crippen molar-refractivity contribution in [3.05, 3.63) is 53.6 Å². The molecule has 0 atom stereocenters. The van der Waals surface area contributed by atoms with Gasteiger partial charge in [-0.05, 0) is 32.0 Å². The maximum absolute atomic E-state index is 12.5. The van der Waals surface area contributed by atoms with Crippen LogP contribution in [0.25, 0.3) is 5.82 Å². The van der Waals surface area contributed by atoms with Crippen molar-refractivity contribution in [3.63, 3.8) is 0 Å². The van der Waals surface area contributed by atoms with Crippen molar-refractivity contribution in [2.45, 2.75) is 13.8 Å². The molecule has 3 rings (SSSR count). The zero-order chi connectivity index (χ0) is 20.8. The Morgan fingerprint density at radius 1 is 1.10 bits per heavy atom. The number of carbonyl (C=O) groups is 1. The number of rotatable bonds is 8. The minimum Gasteiger partial charge on any atom is -0.493 e. The van der Waals surface area contributed by atoms with E-state index in [2.05, 4.69) is 25.7 Å². The van der Waals surface area contributed by atoms with Crippen LogP contribution < -0.4 is 20.1 Å². The van der Waals surface area contributed by atoms with Gasteiger partial charge in [-0.1, -0.05) is 6.07 Å². The summed E-state index contributed by atoms with van der Waals surface area (Å²) >= 11 is 0. The molecule has 3 aromatic rings. The number of aryl methyl sites for hydroxylation is 2. The molecule has 2 heterocycles. The van der Waals surface area contributed by atoms with Gasteiger partial charge in [0, 0.05) is 24.8 Å². The highest BCUT2D eigenvalue weighted by atomic mass is 16.5. The summed E-state index contributed by atoms with van der Waals surface area (Å²) in [7, 11) is 3.04. The summed E-state index contributed by atoms with van der Waals surface area (Å²) in [5.41, 5.74) is 2.33. The number of hydrogen-bond acceptors (Lipinski definition) is 7. The van der Waals surface area contributed by atoms with Crippen LogP contribution in [0.1, 0.15) is 21.7 Å². The van der Waals surface area contributed by atoms with Gasteiger partial charge in [-0.25, -0.2) is 14.6 Å². The standard InChI is InChI=1S/C20H24N6O3/c1-13-10-14(2)26(25-13)18-11-17(23-12-24-18)21-8-9-22-20(27)15-6-5-7-16(28-3)19(15)29-4/h5-7,10-12H,8-9H2,1-4H3,(H,22,27)(H,21,23,24). The fourth-order valence-electron chi connectivity index (χ4n) is 2.95. The van der Waals surface area contributed by atoms with Crippen LogP contribution in [0.3, 0.4) is 0 Å². The Morgan fingerprint density at radius 2 is 1.93 bits per heavy atom. The number of aromatic nitrogens is 4. The normalized spacial score (nSPS) is 10.5. The maximum Gasteiger partial charge on any atom is 0.255 e. The van der Waals surface area contributed by atoms with E-state index in [-0.39, 0.29) is 5.91 Å². The largest absolute Gasteiger partial charge is 0.493 e. The van der Waals surface area contributed by atoms with Crippen molar-refractivity contribution in [3.8, 4) is 17.3 Å². The van der Waals surface area contributed by atoms with Crippen LogP contribution in [-0.2, 0) is 0 Å². The molecule has 0 bridgehead atoms. The third-order valence-electron chi connectivity index (χ3n) is 4.24. The lowest BCUT2D eigenvalue weighted by Gasteiger charge is -2.13. The molecule has 0 aliphatic heterocycles. The Hall–Kier alpha value is -3.62. The second-order valence-corrected chi connectivity index (χ2v) is 6.32. The molecule has 1 amide bonds. The van der Waals surface area contributed by atoms with Crippen LogP contribution >= 0.6 is 0 Å². The van der Waals surface area contributed by atoms with Gasteiger partial charge in [0.2, 0.25) is 0 Å². The van der Waals surface area contributed by atoms with E-state index in [1.165, 1.54) is 20.5 Å². The molecule has 9 heteroatoms. The molecule has 0 spiro atoms. The predicted octanol–water partition coefficient (Wildman–Crippen LogP) is 2.14. The van der Waals surface area contributed by atoms with Crippen molar-refractivity contribution in [1.29, 1.82) is 0 Å². The van der Waals surface area contributed by atoms with E-state index < -0.39 is 0 Å². The van der Waals surface area contributed by atoms with Crippen molar-refractivity contribution in [1.82, 2.24) is 25.1 Å². The minimum atomic E-state index is -0.242. The number of nitrogens with one attached hydrogen (secondary N) is 2. The highest BCUT2D eigenvalue weighted by Crippen LogP contribution is 2.30. The van der Waals surface area contributed by atoms with Gasteiger partial charge in [-0.15, -0.1) is 0 Å². The average Bonchev–Trinajstić information content (AvgIpc) is 3.08. The first-order valence-electron chi connectivity index (χ1n) is 9.12. The first-order chi connectivity index (χ1) is 14.0. The fourth-order valence-corrected chi connectivity index (χ4v) is 2.95. The quantitative estimate of drug-likeness (QED) is 0.562. The second kappa shape index (κ2) is 9.05. The van der Waals surface area contributed by atoms with Crippen LogP contribution in [0.15, 0.2) is 36.7 Å². The average molecular weight is 396 g/mol. The zero-order valence-electron chi connectivity index (χ0n) is 16.9. The van der Waals surface area contributed by atoms with Gasteiger partial charge in [0.05, 0.1) is 25.5 Å². The Kier molecular flexibility index (Phi) is 6.28. The molecule has 0 saturated carbocycles. The number of nitrogens with zero attached hydrogens (tertiary/aromatic N) is 4. The van der Waals surface area contributed by atoms with E-state index in [4.69, 9.17) is 9.47 Å². The molecule has 29 heavy (non-hydrogen) atoms. The van der Waals surface area contributed by atoms with Crippen molar-refractivity contribution >= 4 is 11.7 Å². The summed E-state index contributed by atoms with van der Waals surface area (Å²) in [6, 6.07) is 8.97. The zero-order valence-corrected chi connectivity index (χ0v) is 16.9. The van der Waals surface area contributed by atoms with Crippen LogP contribution in [-0.4, -0.2) is 53.0 Å². The lowest BCUT2D eigenvalue weighted by atomic mass is 10.1. The summed E-state index contributed by atoms with van der Waals surface area (Å²) in [6.07, 6.45) is 1.48. The van der Waals surface area contributed by atoms with Crippen molar-refractivity contribution < 1.29 is 14.3 Å². The minimum absolute atomic E-state index is 0.242. The van der Waals surface area contributed by atoms with Crippen LogP contribution in [0, 0.1) is 13.8 Å². The smallest absolute Gasteiger partial charge is 0.255 e. The summed E-state index contributed by atoms with van der Waals surface area (Å²) in [5.74, 6) is 2.00. The Labute approximate surface area is 169 Å². The summed E-state index contributed by atoms with van der Waals surface area (Å²) in [6.45, 7) is 4.80. The highest BCUT2D eigenvalue weighted by Gasteiger charge is 2.15. The molecule has 2 N–H and O–H groups in total. The third kappa shape index (κ3) is 4.63. The number of para-hydroxylation sites is 1. The lowest BCUT2D eigenvalue weighted by molar-refractivity contribution is 0.0951. The van der Waals surface area contributed by atoms with Crippen LogP contribution in [0.4, 0.5) is 5.82 Å². The highest BCUT2D eigenvalue weighted by molar-refractivity contribution is 5.97. The molecule has 0 radical (unpaired) electrons. The summed E-state index contributed by atoms with van der Waals surface area (Å²) < 4.78 is 12.3. The van der Waals surface area contributed by atoms with Gasteiger partial charge in [0.25, 0.3) is 5.91 Å². The number of amides is 1. The predicted molar refractivity (Wildman–Crippen MR) is 109 cm³/mol. The monoisotopic (exact) mass is 396 g/mol. The summed E-state index contributed by atoms with van der Waals surface area (Å²) in [4.78, 5) is 21.0. The Bertz CT molecular complexity index is 1000. The number of carbonyl (C=O) groups excluding carboxylic acids is 1.